The minimum Gasteiger partial charge on any atom is -0.382 e. The van der Waals surface area contributed by atoms with E-state index in [2.05, 4.69) is 9.97 Å². The molecule has 2 rings (SSSR count). The number of anilines is 1. The Morgan fingerprint density at radius 1 is 1.65 bits per heavy atom. The second kappa shape index (κ2) is 4.76. The van der Waals surface area contributed by atoms with E-state index in [1.807, 2.05) is 6.07 Å². The predicted octanol–water partition coefficient (Wildman–Crippen LogP) is -0.577. The van der Waals surface area contributed by atoms with Crippen molar-refractivity contribution in [2.75, 3.05) is 25.4 Å². The number of hydrogen-bond acceptors (Lipinski definition) is 6. The molecule has 0 aliphatic carbocycles. The van der Waals surface area contributed by atoms with Crippen molar-refractivity contribution in [1.82, 2.24) is 14.9 Å². The van der Waals surface area contributed by atoms with E-state index >= 15 is 0 Å². The SMILES string of the molecule is N#CC1CN(C(=O)c2cncc(N)n2)CCO1. The van der Waals surface area contributed by atoms with Crippen LogP contribution in [0.4, 0.5) is 5.82 Å². The Hall–Kier alpha value is -2.20. The van der Waals surface area contributed by atoms with E-state index in [0.717, 1.165) is 0 Å². The number of nitrogens with two attached hydrogens (primary N) is 1. The molecule has 0 bridgehead atoms. The maximum absolute atomic E-state index is 12.0. The molecule has 0 radical (unpaired) electrons. The Bertz CT molecular complexity index is 470. The third-order valence-electron chi connectivity index (χ3n) is 2.37. The largest absolute Gasteiger partial charge is 0.382 e. The molecule has 1 fully saturated rings. The molecule has 7 heteroatoms. The Labute approximate surface area is 97.8 Å². The number of morpholine rings is 1. The molecule has 1 aromatic heterocycles. The smallest absolute Gasteiger partial charge is 0.274 e. The normalized spacial score (nSPS) is 19.7. The molecule has 1 aromatic rings. The van der Waals surface area contributed by atoms with Gasteiger partial charge in [-0.25, -0.2) is 4.98 Å². The fourth-order valence-corrected chi connectivity index (χ4v) is 1.56. The van der Waals surface area contributed by atoms with Crippen molar-refractivity contribution in [2.45, 2.75) is 6.10 Å². The lowest BCUT2D eigenvalue weighted by Gasteiger charge is -2.29. The van der Waals surface area contributed by atoms with Gasteiger partial charge in [-0.3, -0.25) is 9.78 Å². The van der Waals surface area contributed by atoms with Crippen LogP contribution in [-0.2, 0) is 4.74 Å². The minimum atomic E-state index is -0.582. The number of nitriles is 1. The van der Waals surface area contributed by atoms with Crippen molar-refractivity contribution in [3.8, 4) is 6.07 Å². The van der Waals surface area contributed by atoms with Gasteiger partial charge in [-0.1, -0.05) is 0 Å². The highest BCUT2D eigenvalue weighted by atomic mass is 16.5. The number of ether oxygens (including phenoxy) is 1. The summed E-state index contributed by atoms with van der Waals surface area (Å²) >= 11 is 0. The van der Waals surface area contributed by atoms with Crippen molar-refractivity contribution in [1.29, 1.82) is 5.26 Å². The van der Waals surface area contributed by atoms with Crippen LogP contribution in [0.1, 0.15) is 10.5 Å². The zero-order chi connectivity index (χ0) is 12.3. The van der Waals surface area contributed by atoms with Gasteiger partial charge in [0.2, 0.25) is 0 Å². The van der Waals surface area contributed by atoms with E-state index in [-0.39, 0.29) is 24.0 Å². The summed E-state index contributed by atoms with van der Waals surface area (Å²) in [6.45, 7) is 1.03. The summed E-state index contributed by atoms with van der Waals surface area (Å²) < 4.78 is 5.15. The van der Waals surface area contributed by atoms with Gasteiger partial charge in [0.1, 0.15) is 11.5 Å². The molecule has 0 saturated carbocycles. The third kappa shape index (κ3) is 2.49. The highest BCUT2D eigenvalue weighted by Crippen LogP contribution is 2.09. The van der Waals surface area contributed by atoms with Crippen molar-refractivity contribution >= 4 is 11.7 Å². The molecule has 1 aliphatic rings. The zero-order valence-electron chi connectivity index (χ0n) is 9.04. The molecule has 88 valence electrons. The quantitative estimate of drug-likeness (QED) is 0.696. The van der Waals surface area contributed by atoms with E-state index in [4.69, 9.17) is 15.7 Å². The van der Waals surface area contributed by atoms with Gasteiger partial charge in [-0.15, -0.1) is 0 Å². The van der Waals surface area contributed by atoms with Gasteiger partial charge in [0.05, 0.1) is 31.6 Å². The van der Waals surface area contributed by atoms with E-state index in [1.54, 1.807) is 0 Å². The number of carbonyl (C=O) groups excluding carboxylic acids is 1. The lowest BCUT2D eigenvalue weighted by Crippen LogP contribution is -2.45. The van der Waals surface area contributed by atoms with Crippen molar-refractivity contribution in [3.05, 3.63) is 18.1 Å². The fourth-order valence-electron chi connectivity index (χ4n) is 1.56. The van der Waals surface area contributed by atoms with E-state index in [9.17, 15) is 4.79 Å². The lowest BCUT2D eigenvalue weighted by atomic mass is 10.2. The predicted molar refractivity (Wildman–Crippen MR) is 57.7 cm³/mol. The Morgan fingerprint density at radius 3 is 3.18 bits per heavy atom. The first-order valence-electron chi connectivity index (χ1n) is 5.08. The van der Waals surface area contributed by atoms with Crippen LogP contribution >= 0.6 is 0 Å². The summed E-state index contributed by atoms with van der Waals surface area (Å²) in [4.78, 5) is 21.2. The van der Waals surface area contributed by atoms with Gasteiger partial charge < -0.3 is 15.4 Å². The summed E-state index contributed by atoms with van der Waals surface area (Å²) in [7, 11) is 0. The van der Waals surface area contributed by atoms with Crippen molar-refractivity contribution in [2.24, 2.45) is 0 Å². The molecule has 1 saturated heterocycles. The first-order chi connectivity index (χ1) is 8.20. The summed E-state index contributed by atoms with van der Waals surface area (Å²) in [5.41, 5.74) is 5.64. The highest BCUT2D eigenvalue weighted by molar-refractivity contribution is 5.92. The maximum atomic E-state index is 12.0. The second-order valence-corrected chi connectivity index (χ2v) is 3.57. The number of rotatable bonds is 1. The molecule has 1 atom stereocenters. The van der Waals surface area contributed by atoms with E-state index in [1.165, 1.54) is 17.3 Å². The van der Waals surface area contributed by atoms with Gasteiger partial charge in [-0.05, 0) is 0 Å². The molecule has 0 aromatic carbocycles. The average Bonchev–Trinajstić information content (AvgIpc) is 2.38. The second-order valence-electron chi connectivity index (χ2n) is 3.57. The number of hydrogen-bond donors (Lipinski definition) is 1. The van der Waals surface area contributed by atoms with E-state index < -0.39 is 6.10 Å². The molecule has 1 amide bonds. The number of nitrogen functional groups attached to an aromatic ring is 1. The molecule has 2 heterocycles. The van der Waals surface area contributed by atoms with Gasteiger partial charge >= 0.3 is 0 Å². The molecular weight excluding hydrogens is 222 g/mol. The van der Waals surface area contributed by atoms with Gasteiger partial charge in [-0.2, -0.15) is 5.26 Å². The summed E-state index contributed by atoms with van der Waals surface area (Å²) in [6, 6.07) is 1.97. The molecule has 1 aliphatic heterocycles. The van der Waals surface area contributed by atoms with Gasteiger partial charge in [0.25, 0.3) is 5.91 Å². The standard InChI is InChI=1S/C10H11N5O2/c11-3-7-6-15(1-2-17-7)10(16)8-4-13-5-9(12)14-8/h4-5,7H,1-2,6H2,(H2,12,14). The first kappa shape index (κ1) is 11.3. The van der Waals surface area contributed by atoms with Gasteiger partial charge in [0.15, 0.2) is 6.10 Å². The van der Waals surface area contributed by atoms with Crippen LogP contribution in [0.25, 0.3) is 0 Å². The molecule has 1 unspecified atom stereocenters. The molecular formula is C10H11N5O2. The van der Waals surface area contributed by atoms with Crippen LogP contribution in [-0.4, -0.2) is 46.6 Å². The third-order valence-corrected chi connectivity index (χ3v) is 2.37. The number of nitrogens with zero attached hydrogens (tertiary/aromatic N) is 4. The molecule has 2 N–H and O–H groups in total. The average molecular weight is 233 g/mol. The Morgan fingerprint density at radius 2 is 2.47 bits per heavy atom. The minimum absolute atomic E-state index is 0.184. The Balaban J connectivity index is 2.12. The monoisotopic (exact) mass is 233 g/mol. The summed E-state index contributed by atoms with van der Waals surface area (Å²) in [5, 5.41) is 8.74. The zero-order valence-corrected chi connectivity index (χ0v) is 9.04. The summed E-state index contributed by atoms with van der Waals surface area (Å²) in [5.74, 6) is -0.0886. The topological polar surface area (TPSA) is 105 Å². The van der Waals surface area contributed by atoms with Crippen LogP contribution in [0, 0.1) is 11.3 Å². The van der Waals surface area contributed by atoms with Crippen LogP contribution in [0.2, 0.25) is 0 Å². The maximum Gasteiger partial charge on any atom is 0.274 e. The van der Waals surface area contributed by atoms with Crippen LogP contribution < -0.4 is 5.73 Å². The molecule has 7 nitrogen and oxygen atoms in total. The molecule has 17 heavy (non-hydrogen) atoms. The van der Waals surface area contributed by atoms with Crippen molar-refractivity contribution in [3.63, 3.8) is 0 Å². The number of aromatic nitrogens is 2. The first-order valence-corrected chi connectivity index (χ1v) is 5.08. The van der Waals surface area contributed by atoms with Crippen LogP contribution in [0.15, 0.2) is 12.4 Å². The lowest BCUT2D eigenvalue weighted by molar-refractivity contribution is 0.00319. The summed E-state index contributed by atoms with van der Waals surface area (Å²) in [6.07, 6.45) is 2.14. The number of carbonyl (C=O) groups is 1. The van der Waals surface area contributed by atoms with Crippen molar-refractivity contribution < 1.29 is 9.53 Å². The highest BCUT2D eigenvalue weighted by Gasteiger charge is 2.25. The Kier molecular flexibility index (Phi) is 3.16. The molecule has 0 spiro atoms. The fraction of sp³-hybridized carbons (Fsp3) is 0.400. The number of amides is 1. The van der Waals surface area contributed by atoms with Crippen LogP contribution in [0.5, 0.6) is 0 Å². The van der Waals surface area contributed by atoms with Gasteiger partial charge in [0, 0.05) is 6.54 Å². The van der Waals surface area contributed by atoms with E-state index in [0.29, 0.717) is 13.2 Å². The van der Waals surface area contributed by atoms with Crippen LogP contribution in [0.3, 0.4) is 0 Å².